The Morgan fingerprint density at radius 3 is 2.63 bits per heavy atom. The number of anilines is 1. The van der Waals surface area contributed by atoms with Gasteiger partial charge in [0.15, 0.2) is 5.69 Å². The Morgan fingerprint density at radius 2 is 2.00 bits per heavy atom. The number of allylic oxidation sites excluding steroid dienone is 2. The predicted molar refractivity (Wildman–Crippen MR) is 96.1 cm³/mol. The zero-order valence-corrected chi connectivity index (χ0v) is 15.3. The molecule has 1 heterocycles. The molecule has 1 aromatic heterocycles. The maximum Gasteiger partial charge on any atom is 0.307 e. The second-order valence-corrected chi connectivity index (χ2v) is 6.82. The van der Waals surface area contributed by atoms with Crippen LogP contribution in [0.25, 0.3) is 0 Å². The highest BCUT2D eigenvalue weighted by atomic mass is 16.5. The van der Waals surface area contributed by atoms with Crippen LogP contribution in [0.15, 0.2) is 18.3 Å². The molecule has 3 rings (SSSR count). The first-order valence-electron chi connectivity index (χ1n) is 9.02. The van der Waals surface area contributed by atoms with Crippen molar-refractivity contribution in [3.63, 3.8) is 0 Å². The molecule has 2 amide bonds. The number of aryl methyl sites for hydroxylation is 1. The van der Waals surface area contributed by atoms with E-state index < -0.39 is 23.7 Å². The van der Waals surface area contributed by atoms with Gasteiger partial charge in [0, 0.05) is 26.4 Å². The topological polar surface area (TPSA) is 123 Å². The van der Waals surface area contributed by atoms with Gasteiger partial charge < -0.3 is 20.5 Å². The lowest BCUT2D eigenvalue weighted by atomic mass is 9.82. The summed E-state index contributed by atoms with van der Waals surface area (Å²) < 4.78 is 6.46. The van der Waals surface area contributed by atoms with E-state index in [1.165, 1.54) is 7.11 Å². The Kier molecular flexibility index (Phi) is 5.59. The Labute approximate surface area is 156 Å². The molecule has 1 saturated carbocycles. The molecule has 0 spiro atoms. The summed E-state index contributed by atoms with van der Waals surface area (Å²) in [4.78, 5) is 36.9. The van der Waals surface area contributed by atoms with Crippen LogP contribution >= 0.6 is 0 Å². The first-order valence-corrected chi connectivity index (χ1v) is 9.02. The van der Waals surface area contributed by atoms with Crippen LogP contribution in [-0.4, -0.2) is 52.9 Å². The van der Waals surface area contributed by atoms with Crippen LogP contribution in [0.3, 0.4) is 0 Å². The molecule has 3 N–H and O–H groups in total. The maximum atomic E-state index is 12.9. The van der Waals surface area contributed by atoms with E-state index in [0.29, 0.717) is 26.1 Å². The third-order valence-corrected chi connectivity index (χ3v) is 5.20. The number of hydrogen-bond acceptors (Lipinski definition) is 5. The van der Waals surface area contributed by atoms with Crippen molar-refractivity contribution in [2.75, 3.05) is 25.6 Å². The Balaban J connectivity index is 1.77. The van der Waals surface area contributed by atoms with Crippen LogP contribution in [0, 0.1) is 23.7 Å². The summed E-state index contributed by atoms with van der Waals surface area (Å²) in [6.07, 6.45) is 6.06. The summed E-state index contributed by atoms with van der Waals surface area (Å²) in [6, 6.07) is 0. The van der Waals surface area contributed by atoms with Gasteiger partial charge in [0.25, 0.3) is 5.91 Å². The van der Waals surface area contributed by atoms with Gasteiger partial charge in [0.2, 0.25) is 5.91 Å². The number of methoxy groups -OCH3 is 1. The van der Waals surface area contributed by atoms with Gasteiger partial charge in [0.05, 0.1) is 24.1 Å². The number of carbonyl (C=O) groups is 3. The van der Waals surface area contributed by atoms with Crippen LogP contribution in [0.2, 0.25) is 0 Å². The molecule has 1 fully saturated rings. The summed E-state index contributed by atoms with van der Waals surface area (Å²) >= 11 is 0. The van der Waals surface area contributed by atoms with Crippen LogP contribution < -0.4 is 10.6 Å². The molecule has 0 aliphatic heterocycles. The quantitative estimate of drug-likeness (QED) is 0.454. The van der Waals surface area contributed by atoms with Crippen molar-refractivity contribution in [3.05, 3.63) is 24.0 Å². The average Bonchev–Trinajstić information content (AvgIpc) is 3.35. The molecule has 9 heteroatoms. The monoisotopic (exact) mass is 376 g/mol. The lowest BCUT2D eigenvalue weighted by Crippen LogP contribution is -2.37. The second-order valence-electron chi connectivity index (χ2n) is 6.82. The van der Waals surface area contributed by atoms with Crippen molar-refractivity contribution in [2.24, 2.45) is 23.7 Å². The largest absolute Gasteiger partial charge is 0.481 e. The number of carbonyl (C=O) groups excluding carboxylic acids is 2. The molecule has 4 atom stereocenters. The molecular weight excluding hydrogens is 352 g/mol. The Hall–Kier alpha value is -2.68. The zero-order valence-electron chi connectivity index (χ0n) is 15.3. The van der Waals surface area contributed by atoms with Gasteiger partial charge >= 0.3 is 5.97 Å². The van der Waals surface area contributed by atoms with E-state index in [9.17, 15) is 19.5 Å². The smallest absolute Gasteiger partial charge is 0.307 e. The van der Waals surface area contributed by atoms with E-state index in [-0.39, 0.29) is 29.1 Å². The Bertz CT molecular complexity index is 772. The fourth-order valence-corrected chi connectivity index (χ4v) is 3.93. The zero-order chi connectivity index (χ0) is 19.6. The molecule has 0 unspecified atom stereocenters. The summed E-state index contributed by atoms with van der Waals surface area (Å²) in [6.45, 7) is 3.08. The summed E-state index contributed by atoms with van der Waals surface area (Å²) in [5.41, 5.74) is 0.388. The molecule has 2 aliphatic rings. The lowest BCUT2D eigenvalue weighted by molar-refractivity contribution is -0.146. The number of aromatic nitrogens is 2. The van der Waals surface area contributed by atoms with Gasteiger partial charge in [-0.15, -0.1) is 0 Å². The normalized spacial score (nSPS) is 25.6. The van der Waals surface area contributed by atoms with Gasteiger partial charge in [-0.3, -0.25) is 19.1 Å². The summed E-state index contributed by atoms with van der Waals surface area (Å²) in [5, 5.41) is 19.1. The molecule has 0 saturated heterocycles. The number of nitrogens with one attached hydrogen (secondary N) is 2. The first-order chi connectivity index (χ1) is 13.0. The van der Waals surface area contributed by atoms with Crippen molar-refractivity contribution in [2.45, 2.75) is 19.9 Å². The Morgan fingerprint density at radius 1 is 1.30 bits per heavy atom. The average molecular weight is 376 g/mol. The molecule has 2 aliphatic carbocycles. The lowest BCUT2D eigenvalue weighted by Gasteiger charge is -2.23. The highest BCUT2D eigenvalue weighted by Gasteiger charge is 2.51. The highest BCUT2D eigenvalue weighted by Crippen LogP contribution is 2.48. The molecule has 9 nitrogen and oxygen atoms in total. The van der Waals surface area contributed by atoms with Crippen molar-refractivity contribution in [1.29, 1.82) is 0 Å². The van der Waals surface area contributed by atoms with Crippen LogP contribution in [0.5, 0.6) is 0 Å². The van der Waals surface area contributed by atoms with E-state index in [4.69, 9.17) is 4.74 Å². The number of aliphatic carboxylic acids is 1. The summed E-state index contributed by atoms with van der Waals surface area (Å²) in [5.74, 6) is -3.35. The van der Waals surface area contributed by atoms with E-state index in [1.807, 2.05) is 19.1 Å². The van der Waals surface area contributed by atoms with Crippen molar-refractivity contribution >= 4 is 23.5 Å². The van der Waals surface area contributed by atoms with E-state index >= 15 is 0 Å². The number of fused-ring (bicyclic) bond motifs is 2. The first kappa shape index (κ1) is 19.1. The van der Waals surface area contributed by atoms with Gasteiger partial charge in [-0.1, -0.05) is 12.2 Å². The third kappa shape index (κ3) is 3.73. The third-order valence-electron chi connectivity index (χ3n) is 5.20. The number of amides is 2. The number of carboxylic acid groups (broad SMARTS) is 1. The van der Waals surface area contributed by atoms with E-state index in [0.717, 1.165) is 0 Å². The minimum atomic E-state index is -0.964. The van der Waals surface area contributed by atoms with Crippen molar-refractivity contribution < 1.29 is 24.2 Å². The predicted octanol–water partition coefficient (Wildman–Crippen LogP) is 0.741. The van der Waals surface area contributed by atoms with Gasteiger partial charge in [-0.2, -0.15) is 5.10 Å². The van der Waals surface area contributed by atoms with Gasteiger partial charge in [-0.05, 0) is 25.2 Å². The number of hydrogen-bond donors (Lipinski definition) is 3. The molecule has 0 radical (unpaired) electrons. The maximum absolute atomic E-state index is 12.9. The van der Waals surface area contributed by atoms with Gasteiger partial charge in [0.1, 0.15) is 0 Å². The summed E-state index contributed by atoms with van der Waals surface area (Å²) in [7, 11) is 1.53. The fraction of sp³-hybridized carbons (Fsp3) is 0.556. The van der Waals surface area contributed by atoms with Crippen LogP contribution in [0.1, 0.15) is 23.8 Å². The minimum Gasteiger partial charge on any atom is -0.481 e. The highest BCUT2D eigenvalue weighted by molar-refractivity contribution is 6.03. The number of ether oxygens (including phenoxy) is 1. The number of carboxylic acids is 1. The number of rotatable bonds is 8. The van der Waals surface area contributed by atoms with E-state index in [2.05, 4.69) is 15.7 Å². The molecule has 146 valence electrons. The minimum absolute atomic E-state index is 0.0868. The fourth-order valence-electron chi connectivity index (χ4n) is 3.93. The van der Waals surface area contributed by atoms with Crippen LogP contribution in [-0.2, 0) is 20.9 Å². The van der Waals surface area contributed by atoms with Crippen LogP contribution in [0.4, 0.5) is 5.69 Å². The standard InChI is InChI=1S/C18H24N4O5/c1-3-22-9-12(15(21-22)17(24)19-6-7-27-2)20-16(23)13-10-4-5-11(8-10)14(13)18(25)26/h4-5,9-11,13-14H,3,6-8H2,1-2H3,(H,19,24)(H,20,23)(H,25,26)/t10-,11+,13-,14+/m1/s1. The SMILES string of the molecule is CCn1cc(NC(=O)[C@H]2[C@@H](C(=O)O)[C@H]3C=C[C@@H]2C3)c(C(=O)NCCOC)n1. The molecule has 27 heavy (non-hydrogen) atoms. The van der Waals surface area contributed by atoms with E-state index in [1.54, 1.807) is 10.9 Å². The number of nitrogens with zero attached hydrogens (tertiary/aromatic N) is 2. The van der Waals surface area contributed by atoms with Crippen molar-refractivity contribution in [3.8, 4) is 0 Å². The molecular formula is C18H24N4O5. The molecule has 0 aromatic carbocycles. The van der Waals surface area contributed by atoms with Crippen molar-refractivity contribution in [1.82, 2.24) is 15.1 Å². The molecule has 2 bridgehead atoms. The van der Waals surface area contributed by atoms with Gasteiger partial charge in [-0.25, -0.2) is 0 Å². The molecule has 1 aromatic rings. The second kappa shape index (κ2) is 7.91.